The smallest absolute Gasteiger partial charge is 0.221 e. The topological polar surface area (TPSA) is 71.2 Å². The van der Waals surface area contributed by atoms with Crippen molar-refractivity contribution in [2.75, 3.05) is 19.6 Å². The quantitative estimate of drug-likeness (QED) is 0.833. The second kappa shape index (κ2) is 9.77. The summed E-state index contributed by atoms with van der Waals surface area (Å²) in [4.78, 5) is 18.4. The predicted octanol–water partition coefficient (Wildman–Crippen LogP) is 1.63. The normalized spacial score (nSPS) is 18.5. The van der Waals surface area contributed by atoms with Crippen molar-refractivity contribution in [3.8, 4) is 0 Å². The van der Waals surface area contributed by atoms with Crippen molar-refractivity contribution in [1.29, 1.82) is 0 Å². The zero-order valence-corrected chi connectivity index (χ0v) is 14.1. The minimum absolute atomic E-state index is 0. The Hall–Kier alpha value is -1.17. The standard InChI is InChI=1S/C16H26N4O.ClH/c1-13-14(5-4-9-18-13)12-20-10-3-2-6-15(20)11-19-16(21)7-8-17;/h4-5,9,15H,2-3,6-8,10-12,17H2,1H3,(H,19,21);1H. The molecule has 0 aliphatic carbocycles. The maximum Gasteiger partial charge on any atom is 0.221 e. The molecule has 2 heterocycles. The molecule has 0 spiro atoms. The molecule has 22 heavy (non-hydrogen) atoms. The molecular formula is C16H27ClN4O. The second-order valence-corrected chi connectivity index (χ2v) is 5.71. The number of carbonyl (C=O) groups is 1. The fourth-order valence-electron chi connectivity index (χ4n) is 2.85. The van der Waals surface area contributed by atoms with Crippen LogP contribution < -0.4 is 11.1 Å². The van der Waals surface area contributed by atoms with E-state index in [0.29, 0.717) is 19.0 Å². The van der Waals surface area contributed by atoms with Gasteiger partial charge in [0.25, 0.3) is 0 Å². The van der Waals surface area contributed by atoms with Gasteiger partial charge < -0.3 is 11.1 Å². The number of carbonyl (C=O) groups excluding carboxylic acids is 1. The van der Waals surface area contributed by atoms with Gasteiger partial charge in [-0.05, 0) is 37.9 Å². The molecule has 0 bridgehead atoms. The number of piperidine rings is 1. The van der Waals surface area contributed by atoms with Gasteiger partial charge >= 0.3 is 0 Å². The van der Waals surface area contributed by atoms with E-state index in [0.717, 1.165) is 31.7 Å². The lowest BCUT2D eigenvalue weighted by molar-refractivity contribution is -0.121. The summed E-state index contributed by atoms with van der Waals surface area (Å²) in [5.74, 6) is 0.0561. The number of rotatable bonds is 6. The van der Waals surface area contributed by atoms with Crippen molar-refractivity contribution >= 4 is 18.3 Å². The van der Waals surface area contributed by atoms with Crippen molar-refractivity contribution in [2.24, 2.45) is 5.73 Å². The summed E-state index contributed by atoms with van der Waals surface area (Å²) >= 11 is 0. The van der Waals surface area contributed by atoms with E-state index in [1.165, 1.54) is 18.4 Å². The highest BCUT2D eigenvalue weighted by Crippen LogP contribution is 2.20. The third kappa shape index (κ3) is 5.55. The number of nitrogens with one attached hydrogen (secondary N) is 1. The van der Waals surface area contributed by atoms with Crippen molar-refractivity contribution in [1.82, 2.24) is 15.2 Å². The molecule has 124 valence electrons. The molecule has 0 saturated carbocycles. The molecule has 1 fully saturated rings. The summed E-state index contributed by atoms with van der Waals surface area (Å²) < 4.78 is 0. The molecule has 0 aromatic carbocycles. The highest BCUT2D eigenvalue weighted by molar-refractivity contribution is 5.85. The molecule has 6 heteroatoms. The van der Waals surface area contributed by atoms with Gasteiger partial charge in [-0.15, -0.1) is 12.4 Å². The number of likely N-dealkylation sites (tertiary alicyclic amines) is 1. The van der Waals surface area contributed by atoms with Crippen LogP contribution in [0.5, 0.6) is 0 Å². The average Bonchev–Trinajstić information content (AvgIpc) is 2.49. The van der Waals surface area contributed by atoms with E-state index in [9.17, 15) is 4.79 Å². The summed E-state index contributed by atoms with van der Waals surface area (Å²) in [6.45, 7) is 5.19. The van der Waals surface area contributed by atoms with Crippen LogP contribution in [-0.4, -0.2) is 41.5 Å². The average molecular weight is 327 g/mol. The number of halogens is 1. The maximum atomic E-state index is 11.6. The van der Waals surface area contributed by atoms with Gasteiger partial charge in [0.15, 0.2) is 0 Å². The van der Waals surface area contributed by atoms with Crippen molar-refractivity contribution in [3.05, 3.63) is 29.6 Å². The van der Waals surface area contributed by atoms with Crippen molar-refractivity contribution in [2.45, 2.75) is 45.2 Å². The van der Waals surface area contributed by atoms with Crippen LogP contribution in [0.2, 0.25) is 0 Å². The minimum atomic E-state index is 0. The van der Waals surface area contributed by atoms with Crippen LogP contribution >= 0.6 is 12.4 Å². The van der Waals surface area contributed by atoms with Gasteiger partial charge in [0.1, 0.15) is 0 Å². The van der Waals surface area contributed by atoms with Gasteiger partial charge in [-0.1, -0.05) is 12.5 Å². The zero-order chi connectivity index (χ0) is 15.1. The van der Waals surface area contributed by atoms with E-state index in [1.807, 2.05) is 12.3 Å². The predicted molar refractivity (Wildman–Crippen MR) is 91.0 cm³/mol. The molecule has 2 rings (SSSR count). The lowest BCUT2D eigenvalue weighted by Gasteiger charge is -2.36. The Morgan fingerprint density at radius 1 is 1.50 bits per heavy atom. The number of amides is 1. The molecule has 1 saturated heterocycles. The lowest BCUT2D eigenvalue weighted by atomic mass is 10.0. The molecule has 1 amide bonds. The van der Waals surface area contributed by atoms with Crippen LogP contribution in [0.25, 0.3) is 0 Å². The Bertz CT molecular complexity index is 469. The molecule has 1 unspecified atom stereocenters. The van der Waals surface area contributed by atoms with E-state index in [4.69, 9.17) is 5.73 Å². The fourth-order valence-corrected chi connectivity index (χ4v) is 2.85. The Balaban J connectivity index is 0.00000242. The number of aromatic nitrogens is 1. The molecule has 1 aliphatic heterocycles. The Morgan fingerprint density at radius 3 is 3.05 bits per heavy atom. The van der Waals surface area contributed by atoms with E-state index in [-0.39, 0.29) is 18.3 Å². The van der Waals surface area contributed by atoms with Crippen LogP contribution in [0.15, 0.2) is 18.3 Å². The first-order chi connectivity index (χ1) is 10.2. The first-order valence-electron chi connectivity index (χ1n) is 7.82. The Labute approximate surface area is 139 Å². The monoisotopic (exact) mass is 326 g/mol. The largest absolute Gasteiger partial charge is 0.354 e. The SMILES string of the molecule is Cc1ncccc1CN1CCCCC1CNC(=O)CCN.Cl. The van der Waals surface area contributed by atoms with Crippen LogP contribution in [-0.2, 0) is 11.3 Å². The first-order valence-corrected chi connectivity index (χ1v) is 7.82. The van der Waals surface area contributed by atoms with Gasteiger partial charge in [0.05, 0.1) is 0 Å². The highest BCUT2D eigenvalue weighted by Gasteiger charge is 2.23. The number of hydrogen-bond donors (Lipinski definition) is 2. The van der Waals surface area contributed by atoms with E-state index >= 15 is 0 Å². The number of aryl methyl sites for hydroxylation is 1. The minimum Gasteiger partial charge on any atom is -0.354 e. The van der Waals surface area contributed by atoms with Crippen molar-refractivity contribution in [3.63, 3.8) is 0 Å². The molecule has 1 atom stereocenters. The molecular weight excluding hydrogens is 300 g/mol. The molecule has 1 aromatic heterocycles. The molecule has 1 aromatic rings. The summed E-state index contributed by atoms with van der Waals surface area (Å²) in [6.07, 6.45) is 5.85. The van der Waals surface area contributed by atoms with Crippen LogP contribution in [0, 0.1) is 6.92 Å². The van der Waals surface area contributed by atoms with Gasteiger partial charge in [-0.25, -0.2) is 0 Å². The van der Waals surface area contributed by atoms with E-state index in [1.54, 1.807) is 0 Å². The number of hydrogen-bond acceptors (Lipinski definition) is 4. The van der Waals surface area contributed by atoms with Crippen molar-refractivity contribution < 1.29 is 4.79 Å². The number of nitrogens with two attached hydrogens (primary N) is 1. The molecule has 5 nitrogen and oxygen atoms in total. The summed E-state index contributed by atoms with van der Waals surface area (Å²) in [5, 5.41) is 3.01. The zero-order valence-electron chi connectivity index (χ0n) is 13.3. The molecule has 3 N–H and O–H groups in total. The molecule has 0 radical (unpaired) electrons. The third-order valence-corrected chi connectivity index (χ3v) is 4.15. The summed E-state index contributed by atoms with van der Waals surface area (Å²) in [6, 6.07) is 4.55. The second-order valence-electron chi connectivity index (χ2n) is 5.71. The van der Waals surface area contributed by atoms with Gasteiger partial charge in [-0.2, -0.15) is 0 Å². The van der Waals surface area contributed by atoms with Gasteiger partial charge in [-0.3, -0.25) is 14.7 Å². The summed E-state index contributed by atoms with van der Waals surface area (Å²) in [5.41, 5.74) is 7.77. The van der Waals surface area contributed by atoms with E-state index < -0.39 is 0 Å². The molecule has 1 aliphatic rings. The summed E-state index contributed by atoms with van der Waals surface area (Å²) in [7, 11) is 0. The van der Waals surface area contributed by atoms with E-state index in [2.05, 4.69) is 28.2 Å². The van der Waals surface area contributed by atoms with Gasteiger partial charge in [0, 0.05) is 44.0 Å². The first kappa shape index (κ1) is 18.9. The number of pyridine rings is 1. The maximum absolute atomic E-state index is 11.6. The van der Waals surface area contributed by atoms with Crippen LogP contribution in [0.3, 0.4) is 0 Å². The Kier molecular flexibility index (Phi) is 8.38. The number of nitrogens with zero attached hydrogens (tertiary/aromatic N) is 2. The lowest BCUT2D eigenvalue weighted by Crippen LogP contribution is -2.46. The third-order valence-electron chi connectivity index (χ3n) is 4.15. The van der Waals surface area contributed by atoms with Crippen LogP contribution in [0.4, 0.5) is 0 Å². The van der Waals surface area contributed by atoms with Crippen LogP contribution in [0.1, 0.15) is 36.9 Å². The highest BCUT2D eigenvalue weighted by atomic mass is 35.5. The fraction of sp³-hybridized carbons (Fsp3) is 0.625. The van der Waals surface area contributed by atoms with Gasteiger partial charge in [0.2, 0.25) is 5.91 Å². The Morgan fingerprint density at radius 2 is 2.32 bits per heavy atom.